The molecule has 0 saturated carbocycles. The van der Waals surface area contributed by atoms with E-state index in [9.17, 15) is 9.90 Å². The summed E-state index contributed by atoms with van der Waals surface area (Å²) in [6, 6.07) is 14.3. The minimum Gasteiger partial charge on any atom is -0.394 e. The molecule has 0 fully saturated rings. The number of benzene rings is 1. The number of aromatic nitrogens is 3. The fourth-order valence-electron chi connectivity index (χ4n) is 2.67. The number of carbonyl (C=O) groups is 1. The molecule has 6 nitrogen and oxygen atoms in total. The van der Waals surface area contributed by atoms with Crippen molar-refractivity contribution in [2.45, 2.75) is 19.9 Å². The molecule has 0 aliphatic carbocycles. The van der Waals surface area contributed by atoms with Gasteiger partial charge in [0.25, 0.3) is 5.91 Å². The molecule has 1 atom stereocenters. The van der Waals surface area contributed by atoms with Crippen LogP contribution < -0.4 is 5.32 Å². The van der Waals surface area contributed by atoms with Gasteiger partial charge in [-0.25, -0.2) is 9.67 Å². The third kappa shape index (κ3) is 3.75. The predicted molar refractivity (Wildman–Crippen MR) is 94.6 cm³/mol. The summed E-state index contributed by atoms with van der Waals surface area (Å²) in [4.78, 5) is 16.7. The molecule has 128 valence electrons. The lowest BCUT2D eigenvalue weighted by molar-refractivity contribution is 0.0916. The van der Waals surface area contributed by atoms with Crippen LogP contribution in [0, 0.1) is 13.8 Å². The van der Waals surface area contributed by atoms with E-state index in [0.717, 1.165) is 17.0 Å². The molecule has 0 radical (unpaired) electrons. The molecule has 2 N–H and O–H groups in total. The Kier molecular flexibility index (Phi) is 4.90. The number of hydrogen-bond acceptors (Lipinski definition) is 4. The molecule has 1 unspecified atom stereocenters. The monoisotopic (exact) mass is 336 g/mol. The summed E-state index contributed by atoms with van der Waals surface area (Å²) in [5, 5.41) is 16.8. The van der Waals surface area contributed by atoms with Gasteiger partial charge in [0.15, 0.2) is 5.82 Å². The summed E-state index contributed by atoms with van der Waals surface area (Å²) in [7, 11) is 0. The van der Waals surface area contributed by atoms with Crippen LogP contribution >= 0.6 is 0 Å². The molecule has 1 aromatic carbocycles. The van der Waals surface area contributed by atoms with Gasteiger partial charge in [-0.1, -0.05) is 30.3 Å². The molecule has 0 bridgehead atoms. The maximum absolute atomic E-state index is 12.4. The van der Waals surface area contributed by atoms with Crippen molar-refractivity contribution >= 4 is 5.91 Å². The number of nitrogens with zero attached hydrogens (tertiary/aromatic N) is 3. The highest BCUT2D eigenvalue weighted by atomic mass is 16.3. The molecule has 0 spiro atoms. The summed E-state index contributed by atoms with van der Waals surface area (Å²) in [6.45, 7) is 3.70. The molecule has 0 saturated heterocycles. The van der Waals surface area contributed by atoms with Crippen molar-refractivity contribution in [2.75, 3.05) is 6.61 Å². The van der Waals surface area contributed by atoms with Crippen LogP contribution in [-0.4, -0.2) is 32.4 Å². The van der Waals surface area contributed by atoms with Crippen LogP contribution in [0.25, 0.3) is 5.82 Å². The number of aliphatic hydroxyl groups is 1. The van der Waals surface area contributed by atoms with Crippen molar-refractivity contribution in [1.29, 1.82) is 0 Å². The fourth-order valence-corrected chi connectivity index (χ4v) is 2.67. The SMILES string of the molecule is Cc1cc(C)n(-c2ccc(C(=O)NC(CO)c3ccccc3)cn2)n1. The highest BCUT2D eigenvalue weighted by Gasteiger charge is 2.15. The molecule has 3 rings (SSSR count). The predicted octanol–water partition coefficient (Wildman–Crippen LogP) is 2.35. The van der Waals surface area contributed by atoms with E-state index in [2.05, 4.69) is 15.4 Å². The zero-order valence-corrected chi connectivity index (χ0v) is 14.2. The third-order valence-corrected chi connectivity index (χ3v) is 3.93. The second kappa shape index (κ2) is 7.27. The molecule has 0 aliphatic rings. The van der Waals surface area contributed by atoms with Gasteiger partial charge in [-0.2, -0.15) is 5.10 Å². The summed E-state index contributed by atoms with van der Waals surface area (Å²) in [6.07, 6.45) is 1.51. The van der Waals surface area contributed by atoms with Crippen molar-refractivity contribution in [3.8, 4) is 5.82 Å². The van der Waals surface area contributed by atoms with Crippen LogP contribution in [0.3, 0.4) is 0 Å². The van der Waals surface area contributed by atoms with Crippen LogP contribution in [0.5, 0.6) is 0 Å². The standard InChI is InChI=1S/C19H20N4O2/c1-13-10-14(2)23(22-13)18-9-8-16(11-20-18)19(25)21-17(12-24)15-6-4-3-5-7-15/h3-11,17,24H,12H2,1-2H3,(H,21,25). The topological polar surface area (TPSA) is 80.0 Å². The Morgan fingerprint density at radius 3 is 2.52 bits per heavy atom. The zero-order chi connectivity index (χ0) is 17.8. The van der Waals surface area contributed by atoms with Gasteiger partial charge in [-0.15, -0.1) is 0 Å². The molecule has 1 amide bonds. The largest absolute Gasteiger partial charge is 0.394 e. The van der Waals surface area contributed by atoms with E-state index in [1.165, 1.54) is 6.20 Å². The van der Waals surface area contributed by atoms with Gasteiger partial charge >= 0.3 is 0 Å². The first-order chi connectivity index (χ1) is 12.1. The van der Waals surface area contributed by atoms with Crippen molar-refractivity contribution < 1.29 is 9.90 Å². The van der Waals surface area contributed by atoms with Gasteiger partial charge in [0.05, 0.1) is 23.9 Å². The third-order valence-electron chi connectivity index (χ3n) is 3.93. The normalized spacial score (nSPS) is 12.0. The molecule has 6 heteroatoms. The zero-order valence-electron chi connectivity index (χ0n) is 14.2. The summed E-state index contributed by atoms with van der Waals surface area (Å²) >= 11 is 0. The van der Waals surface area contributed by atoms with Crippen LogP contribution in [0.2, 0.25) is 0 Å². The Labute approximate surface area is 146 Å². The number of nitrogens with one attached hydrogen (secondary N) is 1. The molecule has 2 aromatic heterocycles. The van der Waals surface area contributed by atoms with Crippen molar-refractivity contribution in [3.05, 3.63) is 77.2 Å². The van der Waals surface area contributed by atoms with Gasteiger partial charge in [0.1, 0.15) is 0 Å². The smallest absolute Gasteiger partial charge is 0.253 e. The van der Waals surface area contributed by atoms with E-state index in [4.69, 9.17) is 0 Å². The van der Waals surface area contributed by atoms with E-state index < -0.39 is 6.04 Å². The van der Waals surface area contributed by atoms with E-state index in [1.54, 1.807) is 16.8 Å². The lowest BCUT2D eigenvalue weighted by atomic mass is 10.1. The van der Waals surface area contributed by atoms with Gasteiger partial charge < -0.3 is 10.4 Å². The number of aryl methyl sites for hydroxylation is 2. The second-order valence-corrected chi connectivity index (χ2v) is 5.86. The summed E-state index contributed by atoms with van der Waals surface area (Å²) in [5.41, 5.74) is 3.17. The summed E-state index contributed by atoms with van der Waals surface area (Å²) < 4.78 is 1.73. The number of rotatable bonds is 5. The lowest BCUT2D eigenvalue weighted by Crippen LogP contribution is -2.30. The van der Waals surface area contributed by atoms with Gasteiger partial charge in [0, 0.05) is 11.9 Å². The van der Waals surface area contributed by atoms with E-state index in [1.807, 2.05) is 50.2 Å². The molecular formula is C19H20N4O2. The maximum Gasteiger partial charge on any atom is 0.253 e. The van der Waals surface area contributed by atoms with E-state index >= 15 is 0 Å². The molecule has 3 aromatic rings. The maximum atomic E-state index is 12.4. The van der Waals surface area contributed by atoms with Gasteiger partial charge in [-0.05, 0) is 37.6 Å². The first-order valence-electron chi connectivity index (χ1n) is 8.05. The molecule has 0 aliphatic heterocycles. The highest BCUT2D eigenvalue weighted by molar-refractivity contribution is 5.94. The average Bonchev–Trinajstić information content (AvgIpc) is 2.98. The second-order valence-electron chi connectivity index (χ2n) is 5.86. The Balaban J connectivity index is 1.75. The lowest BCUT2D eigenvalue weighted by Gasteiger charge is -2.16. The Hall–Kier alpha value is -2.99. The number of amides is 1. The van der Waals surface area contributed by atoms with Crippen LogP contribution in [-0.2, 0) is 0 Å². The van der Waals surface area contributed by atoms with Gasteiger partial charge in [-0.3, -0.25) is 4.79 Å². The number of carbonyl (C=O) groups excluding carboxylic acids is 1. The quantitative estimate of drug-likeness (QED) is 0.749. The van der Waals surface area contributed by atoms with Crippen LogP contribution in [0.15, 0.2) is 54.7 Å². The van der Waals surface area contributed by atoms with Crippen molar-refractivity contribution in [1.82, 2.24) is 20.1 Å². The Bertz CT molecular complexity index is 857. The first-order valence-corrected chi connectivity index (χ1v) is 8.05. The Morgan fingerprint density at radius 2 is 1.96 bits per heavy atom. The molecule has 25 heavy (non-hydrogen) atoms. The Morgan fingerprint density at radius 1 is 1.20 bits per heavy atom. The average molecular weight is 336 g/mol. The molecular weight excluding hydrogens is 316 g/mol. The first kappa shape index (κ1) is 16.9. The van der Waals surface area contributed by atoms with Crippen LogP contribution in [0.4, 0.5) is 0 Å². The minimum absolute atomic E-state index is 0.174. The summed E-state index contributed by atoms with van der Waals surface area (Å²) in [5.74, 6) is 0.374. The van der Waals surface area contributed by atoms with E-state index in [0.29, 0.717) is 11.4 Å². The van der Waals surface area contributed by atoms with Crippen molar-refractivity contribution in [3.63, 3.8) is 0 Å². The fraction of sp³-hybridized carbons (Fsp3) is 0.211. The number of aliphatic hydroxyl groups excluding tert-OH is 1. The molecule has 2 heterocycles. The highest BCUT2D eigenvalue weighted by Crippen LogP contribution is 2.14. The van der Waals surface area contributed by atoms with Crippen LogP contribution in [0.1, 0.15) is 33.4 Å². The van der Waals surface area contributed by atoms with Gasteiger partial charge in [0.2, 0.25) is 0 Å². The number of pyridine rings is 1. The minimum atomic E-state index is -0.454. The van der Waals surface area contributed by atoms with Crippen molar-refractivity contribution in [2.24, 2.45) is 0 Å². The van der Waals surface area contributed by atoms with E-state index in [-0.39, 0.29) is 12.5 Å². The number of hydrogen-bond donors (Lipinski definition) is 2.